The Labute approximate surface area is 144 Å². The van der Waals surface area contributed by atoms with Crippen molar-refractivity contribution >= 4 is 32.5 Å². The fourth-order valence-electron chi connectivity index (χ4n) is 2.60. The van der Waals surface area contributed by atoms with Crippen LogP contribution in [0.5, 0.6) is 5.75 Å². The maximum atomic E-state index is 12.5. The van der Waals surface area contributed by atoms with Crippen LogP contribution in [0, 0.1) is 6.92 Å². The molecule has 0 bridgehead atoms. The van der Waals surface area contributed by atoms with Gasteiger partial charge in [-0.15, -0.1) is 0 Å². The van der Waals surface area contributed by atoms with Gasteiger partial charge in [0, 0.05) is 5.69 Å². The number of benzene rings is 3. The fraction of sp³-hybridized carbons (Fsp3) is 0.0556. The summed E-state index contributed by atoms with van der Waals surface area (Å²) >= 11 is 0. The second-order valence-electron chi connectivity index (χ2n) is 5.57. The molecular formula is C18H15NO5S. The van der Waals surface area contributed by atoms with Crippen LogP contribution in [0.2, 0.25) is 0 Å². The molecule has 3 aromatic carbocycles. The Morgan fingerprint density at radius 1 is 1.04 bits per heavy atom. The monoisotopic (exact) mass is 357 g/mol. The van der Waals surface area contributed by atoms with Gasteiger partial charge in [0.2, 0.25) is 0 Å². The fourth-order valence-corrected chi connectivity index (χ4v) is 3.08. The van der Waals surface area contributed by atoms with E-state index in [1.807, 2.05) is 24.3 Å². The number of phenolic OH excluding ortho intramolecular Hbond substituents is 1. The molecule has 0 atom stereocenters. The van der Waals surface area contributed by atoms with Crippen molar-refractivity contribution in [1.82, 2.24) is 0 Å². The molecule has 0 saturated heterocycles. The predicted octanol–water partition coefficient (Wildman–Crippen LogP) is 3.35. The second-order valence-corrected chi connectivity index (χ2v) is 6.99. The van der Waals surface area contributed by atoms with Gasteiger partial charge >= 0.3 is 0 Å². The summed E-state index contributed by atoms with van der Waals surface area (Å²) in [5, 5.41) is 14.6. The molecule has 0 aromatic heterocycles. The maximum Gasteiger partial charge on any atom is 0.294 e. The molecule has 3 rings (SSSR count). The largest absolute Gasteiger partial charge is 0.507 e. The zero-order chi connectivity index (χ0) is 18.2. The number of aryl methyl sites for hydroxylation is 1. The van der Waals surface area contributed by atoms with Gasteiger partial charge in [0.05, 0.1) is 10.5 Å². The third kappa shape index (κ3) is 3.33. The molecule has 128 valence electrons. The normalized spacial score (nSPS) is 11.4. The van der Waals surface area contributed by atoms with Crippen LogP contribution in [-0.4, -0.2) is 24.0 Å². The molecule has 1 amide bonds. The molecule has 3 aromatic rings. The summed E-state index contributed by atoms with van der Waals surface area (Å²) in [7, 11) is -4.29. The summed E-state index contributed by atoms with van der Waals surface area (Å²) in [5.41, 5.74) is 1.06. The van der Waals surface area contributed by atoms with Gasteiger partial charge in [0.25, 0.3) is 16.0 Å². The first kappa shape index (κ1) is 16.9. The lowest BCUT2D eigenvalue weighted by molar-refractivity contribution is 0.102. The van der Waals surface area contributed by atoms with E-state index in [2.05, 4.69) is 5.32 Å². The van der Waals surface area contributed by atoms with E-state index in [-0.39, 0.29) is 16.2 Å². The molecular weight excluding hydrogens is 342 g/mol. The molecule has 0 aliphatic heterocycles. The van der Waals surface area contributed by atoms with Crippen LogP contribution in [0.1, 0.15) is 15.9 Å². The van der Waals surface area contributed by atoms with Gasteiger partial charge in [-0.1, -0.05) is 24.3 Å². The molecule has 3 N–H and O–H groups in total. The van der Waals surface area contributed by atoms with E-state index in [4.69, 9.17) is 4.55 Å². The Bertz CT molecular complexity index is 1070. The molecule has 0 aliphatic carbocycles. The van der Waals surface area contributed by atoms with Gasteiger partial charge in [-0.3, -0.25) is 9.35 Å². The highest BCUT2D eigenvalue weighted by Gasteiger charge is 2.16. The molecule has 0 heterocycles. The van der Waals surface area contributed by atoms with Gasteiger partial charge in [-0.2, -0.15) is 8.42 Å². The van der Waals surface area contributed by atoms with Crippen molar-refractivity contribution in [1.29, 1.82) is 0 Å². The van der Waals surface area contributed by atoms with Crippen LogP contribution in [0.15, 0.2) is 59.5 Å². The highest BCUT2D eigenvalue weighted by molar-refractivity contribution is 7.85. The molecule has 6 nitrogen and oxygen atoms in total. The minimum absolute atomic E-state index is 0.106. The summed E-state index contributed by atoms with van der Waals surface area (Å²) in [6.07, 6.45) is 0. The number of fused-ring (bicyclic) bond motifs is 1. The number of phenols is 1. The van der Waals surface area contributed by atoms with Crippen LogP contribution in [0.4, 0.5) is 5.69 Å². The lowest BCUT2D eigenvalue weighted by Gasteiger charge is -2.11. The van der Waals surface area contributed by atoms with Crippen LogP contribution >= 0.6 is 0 Å². The SMILES string of the molecule is Cc1c(O)c(C(=O)Nc2ccc(S(=O)(=O)O)cc2)cc2ccccc12. The number of hydrogen-bond donors (Lipinski definition) is 3. The first-order chi connectivity index (χ1) is 11.8. The molecule has 0 fully saturated rings. The topological polar surface area (TPSA) is 104 Å². The first-order valence-electron chi connectivity index (χ1n) is 7.37. The van der Waals surface area contributed by atoms with Gasteiger partial charge < -0.3 is 10.4 Å². The summed E-state index contributed by atoms with van der Waals surface area (Å²) in [5.74, 6) is -0.628. The molecule has 0 saturated carbocycles. The molecule has 0 spiro atoms. The van der Waals surface area contributed by atoms with Crippen molar-refractivity contribution in [2.45, 2.75) is 11.8 Å². The summed E-state index contributed by atoms with van der Waals surface area (Å²) < 4.78 is 31.0. The first-order valence-corrected chi connectivity index (χ1v) is 8.81. The van der Waals surface area contributed by atoms with Crippen LogP contribution < -0.4 is 5.32 Å². The summed E-state index contributed by atoms with van der Waals surface area (Å²) in [4.78, 5) is 12.2. The Kier molecular flexibility index (Phi) is 4.20. The number of rotatable bonds is 3. The van der Waals surface area contributed by atoms with Crippen molar-refractivity contribution < 1.29 is 22.9 Å². The molecule has 0 unspecified atom stereocenters. The molecule has 0 aliphatic rings. The Morgan fingerprint density at radius 2 is 1.68 bits per heavy atom. The average molecular weight is 357 g/mol. The van der Waals surface area contributed by atoms with E-state index in [0.717, 1.165) is 10.8 Å². The average Bonchev–Trinajstić information content (AvgIpc) is 2.57. The second kappa shape index (κ2) is 6.19. The number of carbonyl (C=O) groups is 1. The molecule has 25 heavy (non-hydrogen) atoms. The number of amides is 1. The number of nitrogens with one attached hydrogen (secondary N) is 1. The molecule has 7 heteroatoms. The van der Waals surface area contributed by atoms with Crippen molar-refractivity contribution in [3.8, 4) is 5.75 Å². The van der Waals surface area contributed by atoms with Gasteiger partial charge in [0.1, 0.15) is 5.75 Å². The lowest BCUT2D eigenvalue weighted by atomic mass is 10.00. The van der Waals surface area contributed by atoms with Gasteiger partial charge in [-0.05, 0) is 53.6 Å². The number of anilines is 1. The zero-order valence-corrected chi connectivity index (χ0v) is 14.0. The predicted molar refractivity (Wildman–Crippen MR) is 94.6 cm³/mol. The summed E-state index contributed by atoms with van der Waals surface area (Å²) in [6, 6.07) is 14.1. The van der Waals surface area contributed by atoms with Crippen molar-refractivity contribution in [3.63, 3.8) is 0 Å². The standard InChI is InChI=1S/C18H15NO5S/c1-11-15-5-3-2-4-12(15)10-16(17(11)20)18(21)19-13-6-8-14(9-7-13)25(22,23)24/h2-10,20H,1H3,(H,19,21)(H,22,23,24). The lowest BCUT2D eigenvalue weighted by Crippen LogP contribution is -2.12. The van der Waals surface area contributed by atoms with Crippen molar-refractivity contribution in [2.75, 3.05) is 5.32 Å². The smallest absolute Gasteiger partial charge is 0.294 e. The van der Waals surface area contributed by atoms with Crippen LogP contribution in [0.3, 0.4) is 0 Å². The van der Waals surface area contributed by atoms with Gasteiger partial charge in [0.15, 0.2) is 0 Å². The highest BCUT2D eigenvalue weighted by Crippen LogP contribution is 2.31. The quantitative estimate of drug-likeness (QED) is 0.624. The zero-order valence-electron chi connectivity index (χ0n) is 13.2. The van der Waals surface area contributed by atoms with E-state index in [9.17, 15) is 18.3 Å². The third-order valence-electron chi connectivity index (χ3n) is 3.93. The maximum absolute atomic E-state index is 12.5. The Balaban J connectivity index is 1.94. The van der Waals surface area contributed by atoms with E-state index < -0.39 is 16.0 Å². The van der Waals surface area contributed by atoms with Gasteiger partial charge in [-0.25, -0.2) is 0 Å². The molecule has 0 radical (unpaired) electrons. The number of hydrogen-bond acceptors (Lipinski definition) is 4. The Morgan fingerprint density at radius 3 is 2.32 bits per heavy atom. The van der Waals surface area contributed by atoms with Crippen molar-refractivity contribution in [2.24, 2.45) is 0 Å². The van der Waals surface area contributed by atoms with Crippen molar-refractivity contribution in [3.05, 3.63) is 65.7 Å². The highest BCUT2D eigenvalue weighted by atomic mass is 32.2. The van der Waals surface area contributed by atoms with Crippen LogP contribution in [0.25, 0.3) is 10.8 Å². The summed E-state index contributed by atoms with van der Waals surface area (Å²) in [6.45, 7) is 1.73. The van der Waals surface area contributed by atoms with Crippen LogP contribution in [-0.2, 0) is 10.1 Å². The minimum atomic E-state index is -4.29. The van der Waals surface area contributed by atoms with E-state index in [1.165, 1.54) is 24.3 Å². The Hall–Kier alpha value is -2.90. The third-order valence-corrected chi connectivity index (χ3v) is 4.80. The number of aromatic hydroxyl groups is 1. The van der Waals surface area contributed by atoms with E-state index in [0.29, 0.717) is 11.3 Å². The van der Waals surface area contributed by atoms with E-state index in [1.54, 1.807) is 13.0 Å². The number of carbonyl (C=O) groups excluding carboxylic acids is 1. The van der Waals surface area contributed by atoms with E-state index >= 15 is 0 Å². The minimum Gasteiger partial charge on any atom is -0.507 e.